The molecule has 0 aliphatic heterocycles. The van der Waals surface area contributed by atoms with E-state index in [1.54, 1.807) is 0 Å². The number of carbonyl (C=O) groups excluding carboxylic acids is 2. The molecule has 3 N–H and O–H groups in total. The standard InChI is InChI=1S/C27H32N2O5/c1-17(25(30)29-19-13-12-18(15-19)26(31)32)7-6-14-28-27(33)34-16-24-22-10-4-2-8-20(22)21-9-3-5-11-23(21)24/h2-5,8-11,17-19,24H,6-7,12-16H2,1H3,(H,28,33)(H,29,30)(H,31,32). The Hall–Kier alpha value is -3.35. The van der Waals surface area contributed by atoms with Gasteiger partial charge in [-0.2, -0.15) is 0 Å². The highest BCUT2D eigenvalue weighted by Crippen LogP contribution is 2.44. The molecule has 180 valence electrons. The van der Waals surface area contributed by atoms with Crippen LogP contribution in [0.4, 0.5) is 4.79 Å². The number of alkyl carbamates (subject to hydrolysis) is 1. The third-order valence-electron chi connectivity index (χ3n) is 7.00. The Bertz CT molecular complexity index is 1010. The Kier molecular flexibility index (Phi) is 7.50. The lowest BCUT2D eigenvalue weighted by Crippen LogP contribution is -2.37. The number of hydrogen-bond donors (Lipinski definition) is 3. The van der Waals surface area contributed by atoms with Crippen LogP contribution in [0.5, 0.6) is 0 Å². The van der Waals surface area contributed by atoms with Gasteiger partial charge in [0.25, 0.3) is 0 Å². The van der Waals surface area contributed by atoms with Gasteiger partial charge in [0.2, 0.25) is 5.91 Å². The minimum Gasteiger partial charge on any atom is -0.481 e. The second-order valence-corrected chi connectivity index (χ2v) is 9.35. The first-order valence-electron chi connectivity index (χ1n) is 12.1. The van der Waals surface area contributed by atoms with Gasteiger partial charge in [0.1, 0.15) is 6.61 Å². The van der Waals surface area contributed by atoms with Gasteiger partial charge in [-0.15, -0.1) is 0 Å². The van der Waals surface area contributed by atoms with Crippen molar-refractivity contribution in [3.63, 3.8) is 0 Å². The van der Waals surface area contributed by atoms with E-state index in [2.05, 4.69) is 34.9 Å². The van der Waals surface area contributed by atoms with E-state index in [4.69, 9.17) is 9.84 Å². The molecule has 2 aliphatic rings. The Morgan fingerprint density at radius 1 is 1.03 bits per heavy atom. The number of fused-ring (bicyclic) bond motifs is 3. The molecule has 0 radical (unpaired) electrons. The van der Waals surface area contributed by atoms with Gasteiger partial charge in [-0.05, 0) is 54.4 Å². The highest BCUT2D eigenvalue weighted by molar-refractivity contribution is 5.79. The third kappa shape index (κ3) is 5.41. The zero-order chi connectivity index (χ0) is 24.1. The van der Waals surface area contributed by atoms with Crippen molar-refractivity contribution < 1.29 is 24.2 Å². The second kappa shape index (κ2) is 10.7. The molecule has 0 aromatic heterocycles. The van der Waals surface area contributed by atoms with Crippen LogP contribution in [-0.4, -0.2) is 42.3 Å². The summed E-state index contributed by atoms with van der Waals surface area (Å²) in [7, 11) is 0. The van der Waals surface area contributed by atoms with E-state index >= 15 is 0 Å². The smallest absolute Gasteiger partial charge is 0.407 e. The number of nitrogens with one attached hydrogen (secondary N) is 2. The zero-order valence-corrected chi connectivity index (χ0v) is 19.5. The van der Waals surface area contributed by atoms with Crippen molar-refractivity contribution in [2.75, 3.05) is 13.2 Å². The Balaban J connectivity index is 1.16. The summed E-state index contributed by atoms with van der Waals surface area (Å²) in [5.41, 5.74) is 4.73. The predicted octanol–water partition coefficient (Wildman–Crippen LogP) is 4.31. The first kappa shape index (κ1) is 23.8. The number of ether oxygens (including phenoxy) is 1. The maximum atomic E-state index is 12.4. The predicted molar refractivity (Wildman–Crippen MR) is 128 cm³/mol. The van der Waals surface area contributed by atoms with Crippen LogP contribution < -0.4 is 10.6 Å². The summed E-state index contributed by atoms with van der Waals surface area (Å²) in [5.74, 6) is -1.38. The summed E-state index contributed by atoms with van der Waals surface area (Å²) in [4.78, 5) is 35.7. The molecule has 2 aromatic rings. The average molecular weight is 465 g/mol. The first-order chi connectivity index (χ1) is 16.4. The molecule has 0 bridgehead atoms. The molecule has 7 heteroatoms. The summed E-state index contributed by atoms with van der Waals surface area (Å²) >= 11 is 0. The van der Waals surface area contributed by atoms with Gasteiger partial charge in [0.15, 0.2) is 0 Å². The van der Waals surface area contributed by atoms with Crippen molar-refractivity contribution in [3.05, 3.63) is 59.7 Å². The van der Waals surface area contributed by atoms with Gasteiger partial charge < -0.3 is 20.5 Å². The molecule has 1 saturated carbocycles. The number of benzene rings is 2. The lowest BCUT2D eigenvalue weighted by atomic mass is 9.98. The number of carbonyl (C=O) groups is 3. The molecule has 2 amide bonds. The quantitative estimate of drug-likeness (QED) is 0.480. The van der Waals surface area contributed by atoms with Crippen molar-refractivity contribution in [1.29, 1.82) is 0 Å². The third-order valence-corrected chi connectivity index (χ3v) is 7.00. The van der Waals surface area contributed by atoms with Crippen molar-refractivity contribution in [2.24, 2.45) is 11.8 Å². The molecule has 2 aromatic carbocycles. The van der Waals surface area contributed by atoms with Crippen LogP contribution in [0.25, 0.3) is 11.1 Å². The van der Waals surface area contributed by atoms with E-state index in [1.807, 2.05) is 31.2 Å². The number of amides is 2. The van der Waals surface area contributed by atoms with Crippen molar-refractivity contribution in [2.45, 2.75) is 51.0 Å². The molecule has 3 unspecified atom stereocenters. The Morgan fingerprint density at radius 3 is 2.29 bits per heavy atom. The first-order valence-corrected chi connectivity index (χ1v) is 12.1. The van der Waals surface area contributed by atoms with Crippen LogP contribution in [0.3, 0.4) is 0 Å². The summed E-state index contributed by atoms with van der Waals surface area (Å²) in [6.45, 7) is 2.56. The number of carboxylic acids is 1. The fraction of sp³-hybridized carbons (Fsp3) is 0.444. The van der Waals surface area contributed by atoms with E-state index in [1.165, 1.54) is 22.3 Å². The lowest BCUT2D eigenvalue weighted by Gasteiger charge is -2.17. The van der Waals surface area contributed by atoms with Crippen molar-refractivity contribution in [3.8, 4) is 11.1 Å². The summed E-state index contributed by atoms with van der Waals surface area (Å²) in [5, 5.41) is 14.8. The summed E-state index contributed by atoms with van der Waals surface area (Å²) in [6, 6.07) is 16.4. The molecule has 2 aliphatic carbocycles. The monoisotopic (exact) mass is 464 g/mol. The number of carboxylic acid groups (broad SMARTS) is 1. The molecule has 0 spiro atoms. The minimum atomic E-state index is -0.788. The number of aliphatic carboxylic acids is 1. The Morgan fingerprint density at radius 2 is 1.68 bits per heavy atom. The van der Waals surface area contributed by atoms with Gasteiger partial charge in [0, 0.05) is 24.4 Å². The van der Waals surface area contributed by atoms with Gasteiger partial charge in [0.05, 0.1) is 5.92 Å². The maximum absolute atomic E-state index is 12.4. The second-order valence-electron chi connectivity index (χ2n) is 9.35. The molecular formula is C27H32N2O5. The van der Waals surface area contributed by atoms with E-state index < -0.39 is 12.1 Å². The van der Waals surface area contributed by atoms with E-state index in [9.17, 15) is 14.4 Å². The molecule has 7 nitrogen and oxygen atoms in total. The fourth-order valence-electron chi connectivity index (χ4n) is 5.06. The molecule has 0 saturated heterocycles. The van der Waals surface area contributed by atoms with Crippen molar-refractivity contribution in [1.82, 2.24) is 10.6 Å². The normalized spacial score (nSPS) is 19.7. The van der Waals surface area contributed by atoms with Gasteiger partial charge in [-0.1, -0.05) is 55.5 Å². The van der Waals surface area contributed by atoms with E-state index in [0.29, 0.717) is 38.6 Å². The Labute approximate surface area is 199 Å². The van der Waals surface area contributed by atoms with Crippen LogP contribution >= 0.6 is 0 Å². The largest absolute Gasteiger partial charge is 0.481 e. The highest BCUT2D eigenvalue weighted by Gasteiger charge is 2.31. The summed E-state index contributed by atoms with van der Waals surface area (Å²) < 4.78 is 5.53. The highest BCUT2D eigenvalue weighted by atomic mass is 16.5. The summed E-state index contributed by atoms with van der Waals surface area (Å²) in [6.07, 6.45) is 2.64. The van der Waals surface area contributed by atoms with Crippen LogP contribution in [0.2, 0.25) is 0 Å². The lowest BCUT2D eigenvalue weighted by molar-refractivity contribution is -0.141. The number of hydrogen-bond acceptors (Lipinski definition) is 4. The zero-order valence-electron chi connectivity index (χ0n) is 19.5. The minimum absolute atomic E-state index is 0.0261. The fourth-order valence-corrected chi connectivity index (χ4v) is 5.06. The van der Waals surface area contributed by atoms with Crippen LogP contribution in [-0.2, 0) is 14.3 Å². The molecule has 3 atom stereocenters. The molecule has 0 heterocycles. The van der Waals surface area contributed by atoms with E-state index in [-0.39, 0.29) is 36.3 Å². The van der Waals surface area contributed by atoms with Crippen LogP contribution in [0.15, 0.2) is 48.5 Å². The molecule has 34 heavy (non-hydrogen) atoms. The molecule has 1 fully saturated rings. The molecular weight excluding hydrogens is 432 g/mol. The van der Waals surface area contributed by atoms with E-state index in [0.717, 1.165) is 0 Å². The average Bonchev–Trinajstić information content (AvgIpc) is 3.43. The van der Waals surface area contributed by atoms with Gasteiger partial charge in [-0.25, -0.2) is 4.79 Å². The van der Waals surface area contributed by atoms with Gasteiger partial charge >= 0.3 is 12.1 Å². The molecule has 4 rings (SSSR count). The maximum Gasteiger partial charge on any atom is 0.407 e. The SMILES string of the molecule is CC(CCCNC(=O)OCC1c2ccccc2-c2ccccc21)C(=O)NC1CCC(C(=O)O)C1. The van der Waals surface area contributed by atoms with Crippen LogP contribution in [0.1, 0.15) is 56.1 Å². The van der Waals surface area contributed by atoms with Crippen LogP contribution in [0, 0.1) is 11.8 Å². The van der Waals surface area contributed by atoms with Gasteiger partial charge in [-0.3, -0.25) is 9.59 Å². The van der Waals surface area contributed by atoms with Crippen molar-refractivity contribution >= 4 is 18.0 Å². The number of rotatable bonds is 9. The topological polar surface area (TPSA) is 105 Å².